The van der Waals surface area contributed by atoms with Crippen molar-refractivity contribution < 1.29 is 22.2 Å². The lowest BCUT2D eigenvalue weighted by molar-refractivity contribution is 0.339. The van der Waals surface area contributed by atoms with E-state index in [9.17, 15) is 5.11 Å². The van der Waals surface area contributed by atoms with E-state index in [0.29, 0.717) is 5.75 Å². The number of hydrogen-bond acceptors (Lipinski definition) is 5. The smallest absolute Gasteiger partial charge is 0.388 e. The van der Waals surface area contributed by atoms with Crippen molar-refractivity contribution in [3.8, 4) is 11.5 Å². The quantitative estimate of drug-likeness (QED) is 0.120. The van der Waals surface area contributed by atoms with Crippen molar-refractivity contribution in [1.82, 2.24) is 0 Å². The molecule has 3 aromatic carbocycles. The average Bonchev–Trinajstić information content (AvgIpc) is 2.93. The van der Waals surface area contributed by atoms with Crippen LogP contribution >= 0.6 is 0 Å². The third-order valence-corrected chi connectivity index (χ3v) is 23.5. The Morgan fingerprint density at radius 3 is 1.74 bits per heavy atom. The summed E-state index contributed by atoms with van der Waals surface area (Å²) in [4.78, 5) is 0. The van der Waals surface area contributed by atoms with E-state index in [1.807, 2.05) is 12.1 Å². The molecule has 0 unspecified atom stereocenters. The van der Waals surface area contributed by atoms with Gasteiger partial charge in [-0.15, -0.1) is 0 Å². The first-order valence-electron chi connectivity index (χ1n) is 15.4. The zero-order valence-electron chi connectivity index (χ0n) is 27.0. The summed E-state index contributed by atoms with van der Waals surface area (Å²) in [5, 5.41) is 12.3. The van der Waals surface area contributed by atoms with Gasteiger partial charge < -0.3 is 22.2 Å². The summed E-state index contributed by atoms with van der Waals surface area (Å²) in [6.07, 6.45) is 5.55. The number of aromatic hydroxyl groups is 1. The highest BCUT2D eigenvalue weighted by Gasteiger charge is 2.52. The van der Waals surface area contributed by atoms with Gasteiger partial charge in [0.2, 0.25) is 0 Å². The van der Waals surface area contributed by atoms with Crippen molar-refractivity contribution in [2.24, 2.45) is 0 Å². The molecule has 0 spiro atoms. The van der Waals surface area contributed by atoms with Crippen molar-refractivity contribution in [2.45, 2.75) is 90.4 Å². The van der Waals surface area contributed by atoms with E-state index in [1.54, 1.807) is 13.2 Å². The normalized spacial score (nSPS) is 12.9. The second-order valence-corrected chi connectivity index (χ2v) is 28.6. The fraction of sp³-hybridized carbons (Fsp3) is 0.455. The van der Waals surface area contributed by atoms with Crippen LogP contribution in [0.5, 0.6) is 11.5 Å². The Labute approximate surface area is 259 Å². The summed E-state index contributed by atoms with van der Waals surface area (Å²) in [7, 11) is -8.33. The Hall–Kier alpha value is -1.99. The number of benzene rings is 3. The Morgan fingerprint density at radius 1 is 0.643 bits per heavy atom. The van der Waals surface area contributed by atoms with Gasteiger partial charge in [0, 0.05) is 0 Å². The molecule has 0 saturated carbocycles. The highest BCUT2D eigenvalue weighted by molar-refractivity contribution is 7.02. The minimum absolute atomic E-state index is 0.170. The first-order valence-corrected chi connectivity index (χ1v) is 26.3. The van der Waals surface area contributed by atoms with Crippen LogP contribution in [-0.4, -0.2) is 46.0 Å². The Balaban J connectivity index is 1.93. The Morgan fingerprint density at radius 2 is 1.19 bits per heavy atom. The maximum atomic E-state index is 10.00. The highest BCUT2D eigenvalue weighted by atomic mass is 28.5. The van der Waals surface area contributed by atoms with Crippen LogP contribution in [0.25, 0.3) is 0 Å². The van der Waals surface area contributed by atoms with Gasteiger partial charge in [0.05, 0.1) is 7.11 Å². The molecular weight excluding hydrogens is 589 g/mol. The lowest BCUT2D eigenvalue weighted by atomic mass is 10.1. The molecule has 0 aliphatic heterocycles. The molecule has 0 saturated heterocycles. The molecule has 5 nitrogen and oxygen atoms in total. The van der Waals surface area contributed by atoms with Crippen molar-refractivity contribution in [3.05, 3.63) is 84.4 Å². The molecule has 0 heterocycles. The molecule has 1 N–H and O–H groups in total. The number of ether oxygens (including phenoxy) is 1. The van der Waals surface area contributed by atoms with E-state index in [2.05, 4.69) is 107 Å². The first kappa shape index (κ1) is 34.5. The molecule has 0 bridgehead atoms. The van der Waals surface area contributed by atoms with Gasteiger partial charge in [0.1, 0.15) is 0 Å². The van der Waals surface area contributed by atoms with Crippen LogP contribution in [0.2, 0.25) is 51.4 Å². The number of phenolic OH excluding ortho intramolecular Hbond substituents is 1. The molecule has 0 amide bonds. The Kier molecular flexibility index (Phi) is 12.4. The van der Waals surface area contributed by atoms with Crippen molar-refractivity contribution in [3.63, 3.8) is 0 Å². The summed E-state index contributed by atoms with van der Waals surface area (Å²) in [5.41, 5.74) is 1.15. The molecule has 42 heavy (non-hydrogen) atoms. The van der Waals surface area contributed by atoms with E-state index < -0.39 is 33.8 Å². The van der Waals surface area contributed by atoms with Gasteiger partial charge in [0.25, 0.3) is 0 Å². The molecule has 0 aromatic heterocycles. The molecule has 3 aromatic rings. The topological polar surface area (TPSA) is 57.2 Å². The summed E-state index contributed by atoms with van der Waals surface area (Å²) in [6, 6.07) is 29.0. The van der Waals surface area contributed by atoms with Crippen molar-refractivity contribution in [1.29, 1.82) is 0 Å². The second-order valence-electron chi connectivity index (χ2n) is 12.9. The molecule has 9 heteroatoms. The van der Waals surface area contributed by atoms with Crippen molar-refractivity contribution in [2.75, 3.05) is 7.11 Å². The second kappa shape index (κ2) is 15.1. The van der Waals surface area contributed by atoms with Gasteiger partial charge in [-0.2, -0.15) is 0 Å². The van der Waals surface area contributed by atoms with Gasteiger partial charge in [-0.25, -0.2) is 0 Å². The zero-order valence-corrected chi connectivity index (χ0v) is 31.0. The van der Waals surface area contributed by atoms with Crippen LogP contribution in [0.4, 0.5) is 0 Å². The zero-order chi connectivity index (χ0) is 30.9. The van der Waals surface area contributed by atoms with Gasteiger partial charge in [-0.1, -0.05) is 92.9 Å². The lowest BCUT2D eigenvalue weighted by Crippen LogP contribution is -2.71. The predicted octanol–water partition coefficient (Wildman–Crippen LogP) is 7.94. The standard InChI is InChI=1S/C33H52O5Si4/c1-9-10-17-26-39(3,4)36-41(7,8)38-42(30-20-13-11-14-21-30,31-22-15-12-16-23-31)37-40(5,6)27-18-19-29-24-25-32(34)33(28-29)35-2/h11-16,20-25,28,34H,9-10,17-19,26-27H2,1-8H3. The van der Waals surface area contributed by atoms with Gasteiger partial charge in [0.15, 0.2) is 28.1 Å². The largest absolute Gasteiger partial charge is 0.504 e. The highest BCUT2D eigenvalue weighted by Crippen LogP contribution is 2.30. The van der Waals surface area contributed by atoms with Crippen LogP contribution in [0.15, 0.2) is 78.9 Å². The van der Waals surface area contributed by atoms with Gasteiger partial charge in [-0.05, 0) is 92.3 Å². The minimum atomic E-state index is -3.14. The molecule has 230 valence electrons. The number of methoxy groups -OCH3 is 1. The maximum Gasteiger partial charge on any atom is 0.388 e. The third-order valence-electron chi connectivity index (χ3n) is 7.51. The summed E-state index contributed by atoms with van der Waals surface area (Å²) in [5.74, 6) is 0.685. The summed E-state index contributed by atoms with van der Waals surface area (Å²) < 4.78 is 27.3. The van der Waals surface area contributed by atoms with E-state index >= 15 is 0 Å². The van der Waals surface area contributed by atoms with Crippen LogP contribution in [0.1, 0.15) is 38.2 Å². The van der Waals surface area contributed by atoms with E-state index in [-0.39, 0.29) is 5.75 Å². The monoisotopic (exact) mass is 640 g/mol. The van der Waals surface area contributed by atoms with Crippen LogP contribution in [0, 0.1) is 0 Å². The molecule has 0 fully saturated rings. The van der Waals surface area contributed by atoms with Crippen LogP contribution in [-0.2, 0) is 18.8 Å². The van der Waals surface area contributed by atoms with Crippen LogP contribution in [0.3, 0.4) is 0 Å². The van der Waals surface area contributed by atoms with E-state index in [1.165, 1.54) is 19.3 Å². The minimum Gasteiger partial charge on any atom is -0.504 e. The molecule has 0 atom stereocenters. The fourth-order valence-electron chi connectivity index (χ4n) is 5.66. The molecule has 0 aliphatic rings. The molecule has 0 aliphatic carbocycles. The lowest BCUT2D eigenvalue weighted by Gasteiger charge is -2.44. The van der Waals surface area contributed by atoms with E-state index in [4.69, 9.17) is 17.1 Å². The molecule has 3 rings (SSSR count). The SMILES string of the molecule is CCCCC[Si](C)(C)O[Si](C)(C)O[Si](O[Si](C)(C)CCCc1ccc(O)c(OC)c1)(c1ccccc1)c1ccccc1. The van der Waals surface area contributed by atoms with Crippen LogP contribution < -0.4 is 15.1 Å². The Bertz CT molecular complexity index is 1200. The first-order chi connectivity index (χ1) is 19.8. The number of rotatable bonds is 17. The summed E-state index contributed by atoms with van der Waals surface area (Å²) >= 11 is 0. The van der Waals surface area contributed by atoms with Gasteiger partial charge >= 0.3 is 17.1 Å². The maximum absolute atomic E-state index is 10.00. The number of aryl methyl sites for hydroxylation is 1. The molecular formula is C33H52O5Si4. The van der Waals surface area contributed by atoms with Gasteiger partial charge in [-0.3, -0.25) is 0 Å². The number of unbranched alkanes of at least 4 members (excludes halogenated alkanes) is 2. The third kappa shape index (κ3) is 10.0. The molecule has 0 radical (unpaired) electrons. The fourth-order valence-corrected chi connectivity index (χ4v) is 24.4. The number of hydrogen-bond donors (Lipinski definition) is 1. The predicted molar refractivity (Wildman–Crippen MR) is 186 cm³/mol. The average molecular weight is 641 g/mol. The van der Waals surface area contributed by atoms with E-state index in [0.717, 1.165) is 40.9 Å². The summed E-state index contributed by atoms with van der Waals surface area (Å²) in [6.45, 7) is 16.0. The number of phenols is 1. The van der Waals surface area contributed by atoms with Crippen molar-refractivity contribution >= 4 is 44.1 Å².